The Morgan fingerprint density at radius 2 is 1.89 bits per heavy atom. The first-order valence-corrected chi connectivity index (χ1v) is 4.97. The minimum Gasteiger partial charge on any atom is -0.326 e. The Kier molecular flexibility index (Phi) is 6.42. The van der Waals surface area contributed by atoms with E-state index in [4.69, 9.17) is 11.0 Å². The lowest BCUT2D eigenvalue weighted by atomic mass is 10.1. The Morgan fingerprint density at radius 1 is 1.28 bits per heavy atom. The summed E-state index contributed by atoms with van der Waals surface area (Å²) in [4.78, 5) is 0. The van der Waals surface area contributed by atoms with Crippen LogP contribution >= 0.6 is 24.8 Å². The number of nitrogens with two attached hydrogens (primary N) is 1. The van der Waals surface area contributed by atoms with Gasteiger partial charge in [-0.15, -0.1) is 24.8 Å². The number of nitrogens with zero attached hydrogens (tertiary/aromatic N) is 3. The van der Waals surface area contributed by atoms with E-state index < -0.39 is 0 Å². The maximum atomic E-state index is 8.71. The molecule has 1 aromatic carbocycles. The third-order valence-corrected chi connectivity index (χ3v) is 2.41. The lowest BCUT2D eigenvalue weighted by Crippen LogP contribution is -1.96. The maximum absolute atomic E-state index is 8.71. The average Bonchev–Trinajstić information content (AvgIpc) is 2.70. The van der Waals surface area contributed by atoms with Crippen LogP contribution < -0.4 is 5.73 Å². The van der Waals surface area contributed by atoms with Crippen molar-refractivity contribution in [3.8, 4) is 17.3 Å². The summed E-state index contributed by atoms with van der Waals surface area (Å²) in [6.45, 7) is 0.461. The van der Waals surface area contributed by atoms with Crippen molar-refractivity contribution in [1.82, 2.24) is 9.78 Å². The lowest BCUT2D eigenvalue weighted by molar-refractivity contribution is 0.769. The highest BCUT2D eigenvalue weighted by Gasteiger charge is 2.08. The summed E-state index contributed by atoms with van der Waals surface area (Å²) in [7, 11) is 1.87. The molecule has 18 heavy (non-hydrogen) atoms. The number of nitriles is 1. The molecule has 2 aromatic rings. The van der Waals surface area contributed by atoms with Gasteiger partial charge in [-0.05, 0) is 12.1 Å². The quantitative estimate of drug-likeness (QED) is 0.920. The molecular weight excluding hydrogens is 271 g/mol. The van der Waals surface area contributed by atoms with Gasteiger partial charge in [-0.3, -0.25) is 4.68 Å². The molecule has 4 nitrogen and oxygen atoms in total. The molecule has 0 aliphatic heterocycles. The fourth-order valence-electron chi connectivity index (χ4n) is 1.63. The van der Waals surface area contributed by atoms with Crippen LogP contribution in [0.2, 0.25) is 0 Å². The molecule has 0 atom stereocenters. The molecule has 0 fully saturated rings. The number of aryl methyl sites for hydroxylation is 1. The van der Waals surface area contributed by atoms with E-state index in [1.165, 1.54) is 0 Å². The summed E-state index contributed by atoms with van der Waals surface area (Å²) in [5.41, 5.74) is 9.18. The van der Waals surface area contributed by atoms with Gasteiger partial charge in [-0.1, -0.05) is 12.1 Å². The van der Waals surface area contributed by atoms with Gasteiger partial charge in [0.25, 0.3) is 0 Å². The molecule has 1 heterocycles. The second-order valence-corrected chi connectivity index (χ2v) is 3.57. The molecule has 2 N–H and O–H groups in total. The van der Waals surface area contributed by atoms with Crippen molar-refractivity contribution in [2.75, 3.05) is 0 Å². The van der Waals surface area contributed by atoms with Gasteiger partial charge in [0.15, 0.2) is 0 Å². The van der Waals surface area contributed by atoms with E-state index in [2.05, 4.69) is 11.2 Å². The minimum atomic E-state index is 0. The van der Waals surface area contributed by atoms with Gasteiger partial charge in [0.1, 0.15) is 0 Å². The predicted octanol–water partition coefficient (Wildman–Crippen LogP) is 2.26. The van der Waals surface area contributed by atoms with Gasteiger partial charge in [-0.2, -0.15) is 10.4 Å². The van der Waals surface area contributed by atoms with Crippen molar-refractivity contribution < 1.29 is 0 Å². The van der Waals surface area contributed by atoms with Gasteiger partial charge in [0.05, 0.1) is 17.3 Å². The standard InChI is InChI=1S/C12H12N4.2ClH/c1-16-8-11(7-14)12(15-16)10-4-2-9(6-13)3-5-10;;/h2-5,8H,7,14H2,1H3;2*1H. The topological polar surface area (TPSA) is 67.6 Å². The lowest BCUT2D eigenvalue weighted by Gasteiger charge is -1.99. The predicted molar refractivity (Wildman–Crippen MR) is 75.7 cm³/mol. The average molecular weight is 285 g/mol. The number of rotatable bonds is 2. The largest absolute Gasteiger partial charge is 0.326 e. The number of hydrogen-bond acceptors (Lipinski definition) is 3. The molecule has 0 amide bonds. The molecule has 0 bridgehead atoms. The first-order chi connectivity index (χ1) is 7.74. The molecule has 0 radical (unpaired) electrons. The molecular formula is C12H14Cl2N4. The van der Waals surface area contributed by atoms with E-state index in [1.54, 1.807) is 16.8 Å². The van der Waals surface area contributed by atoms with Crippen LogP contribution in [0.1, 0.15) is 11.1 Å². The summed E-state index contributed by atoms with van der Waals surface area (Å²) in [5, 5.41) is 13.1. The monoisotopic (exact) mass is 284 g/mol. The van der Waals surface area contributed by atoms with Crippen LogP contribution in [-0.2, 0) is 13.6 Å². The third-order valence-electron chi connectivity index (χ3n) is 2.41. The fourth-order valence-corrected chi connectivity index (χ4v) is 1.63. The highest BCUT2D eigenvalue weighted by molar-refractivity contribution is 5.85. The minimum absolute atomic E-state index is 0. The molecule has 2 rings (SSSR count). The normalized spacial score (nSPS) is 8.94. The smallest absolute Gasteiger partial charge is 0.0991 e. The van der Waals surface area contributed by atoms with Crippen LogP contribution in [0.4, 0.5) is 0 Å². The molecule has 96 valence electrons. The van der Waals surface area contributed by atoms with E-state index in [0.29, 0.717) is 12.1 Å². The van der Waals surface area contributed by atoms with Crippen molar-refractivity contribution in [2.24, 2.45) is 12.8 Å². The van der Waals surface area contributed by atoms with Crippen molar-refractivity contribution in [2.45, 2.75) is 6.54 Å². The van der Waals surface area contributed by atoms with Crippen LogP contribution in [0.25, 0.3) is 11.3 Å². The van der Waals surface area contributed by atoms with Crippen LogP contribution in [0.5, 0.6) is 0 Å². The Balaban J connectivity index is 0.00000144. The second kappa shape index (κ2) is 7.02. The first kappa shape index (κ1) is 16.5. The van der Waals surface area contributed by atoms with E-state index in [-0.39, 0.29) is 24.8 Å². The second-order valence-electron chi connectivity index (χ2n) is 3.57. The van der Waals surface area contributed by atoms with Gasteiger partial charge in [0.2, 0.25) is 0 Å². The van der Waals surface area contributed by atoms with Crippen molar-refractivity contribution in [3.05, 3.63) is 41.6 Å². The Morgan fingerprint density at radius 3 is 2.39 bits per heavy atom. The van der Waals surface area contributed by atoms with E-state index in [0.717, 1.165) is 16.8 Å². The van der Waals surface area contributed by atoms with Crippen molar-refractivity contribution >= 4 is 24.8 Å². The van der Waals surface area contributed by atoms with Crippen molar-refractivity contribution in [3.63, 3.8) is 0 Å². The van der Waals surface area contributed by atoms with Gasteiger partial charge < -0.3 is 5.73 Å². The van der Waals surface area contributed by atoms with E-state index in [1.807, 2.05) is 25.4 Å². The molecule has 0 saturated carbocycles. The first-order valence-electron chi connectivity index (χ1n) is 4.97. The molecule has 1 aromatic heterocycles. The number of aromatic nitrogens is 2. The number of halogens is 2. The fraction of sp³-hybridized carbons (Fsp3) is 0.167. The molecule has 0 unspecified atom stereocenters. The third kappa shape index (κ3) is 3.23. The Labute approximate surface area is 118 Å². The summed E-state index contributed by atoms with van der Waals surface area (Å²) < 4.78 is 1.75. The number of hydrogen-bond donors (Lipinski definition) is 1. The highest BCUT2D eigenvalue weighted by atomic mass is 35.5. The van der Waals surface area contributed by atoms with Gasteiger partial charge in [-0.25, -0.2) is 0 Å². The SMILES string of the molecule is Cl.Cl.Cn1cc(CN)c(-c2ccc(C#N)cc2)n1. The summed E-state index contributed by atoms with van der Waals surface area (Å²) in [6, 6.07) is 9.43. The Hall–Kier alpha value is -1.54. The van der Waals surface area contributed by atoms with Crippen LogP contribution in [0.3, 0.4) is 0 Å². The summed E-state index contributed by atoms with van der Waals surface area (Å²) in [5.74, 6) is 0. The molecule has 6 heteroatoms. The maximum Gasteiger partial charge on any atom is 0.0991 e. The van der Waals surface area contributed by atoms with Gasteiger partial charge >= 0.3 is 0 Å². The molecule has 0 saturated heterocycles. The van der Waals surface area contributed by atoms with Crippen molar-refractivity contribution in [1.29, 1.82) is 5.26 Å². The zero-order valence-corrected chi connectivity index (χ0v) is 11.5. The van der Waals surface area contributed by atoms with E-state index >= 15 is 0 Å². The molecule has 0 spiro atoms. The summed E-state index contributed by atoms with van der Waals surface area (Å²) >= 11 is 0. The summed E-state index contributed by atoms with van der Waals surface area (Å²) in [6.07, 6.45) is 1.91. The van der Waals surface area contributed by atoms with Crippen LogP contribution in [0, 0.1) is 11.3 Å². The van der Waals surface area contributed by atoms with Crippen LogP contribution in [-0.4, -0.2) is 9.78 Å². The zero-order chi connectivity index (χ0) is 11.5. The van der Waals surface area contributed by atoms with Gasteiger partial charge in [0, 0.05) is 30.9 Å². The van der Waals surface area contributed by atoms with E-state index in [9.17, 15) is 0 Å². The molecule has 0 aliphatic carbocycles. The zero-order valence-electron chi connectivity index (χ0n) is 9.83. The molecule has 0 aliphatic rings. The number of benzene rings is 1. The Bertz CT molecular complexity index is 540. The highest BCUT2D eigenvalue weighted by Crippen LogP contribution is 2.21. The van der Waals surface area contributed by atoms with Crippen LogP contribution in [0.15, 0.2) is 30.5 Å².